The average molecular weight is 217 g/mol. The molecule has 3 N–H and O–H groups in total. The summed E-state index contributed by atoms with van der Waals surface area (Å²) in [7, 11) is 0. The van der Waals surface area contributed by atoms with E-state index < -0.39 is 13.0 Å². The second kappa shape index (κ2) is 5.45. The highest BCUT2D eigenvalue weighted by Gasteiger charge is 2.12. The lowest BCUT2D eigenvalue weighted by Crippen LogP contribution is -2.31. The molecule has 0 fully saturated rings. The van der Waals surface area contributed by atoms with Crippen molar-refractivity contribution in [3.63, 3.8) is 0 Å². The van der Waals surface area contributed by atoms with Crippen molar-refractivity contribution in [3.8, 4) is 0 Å². The van der Waals surface area contributed by atoms with E-state index >= 15 is 0 Å². The van der Waals surface area contributed by atoms with Crippen LogP contribution in [-0.4, -0.2) is 36.2 Å². The number of nitrogen functional groups attached to an aromatic ring is 1. The van der Waals surface area contributed by atoms with E-state index in [9.17, 15) is 8.78 Å². The normalized spacial score (nSPS) is 10.7. The molecule has 1 aromatic heterocycles. The lowest BCUT2D eigenvalue weighted by atomic mass is 10.3. The Balaban J connectivity index is 2.74. The molecular formula is C9H13F2N3O. The molecule has 1 rings (SSSR count). The minimum Gasteiger partial charge on any atom is -0.395 e. The summed E-state index contributed by atoms with van der Waals surface area (Å²) < 4.78 is 24.4. The smallest absolute Gasteiger partial charge is 0.255 e. The Morgan fingerprint density at radius 2 is 2.20 bits per heavy atom. The highest BCUT2D eigenvalue weighted by atomic mass is 19.3. The quantitative estimate of drug-likeness (QED) is 0.763. The Bertz CT molecular complexity index is 292. The Labute approximate surface area is 86.3 Å². The van der Waals surface area contributed by atoms with E-state index in [1.165, 1.54) is 17.2 Å². The largest absolute Gasteiger partial charge is 0.395 e. The van der Waals surface area contributed by atoms with Gasteiger partial charge in [-0.1, -0.05) is 0 Å². The summed E-state index contributed by atoms with van der Waals surface area (Å²) >= 11 is 0. The topological polar surface area (TPSA) is 62.4 Å². The van der Waals surface area contributed by atoms with E-state index in [0.717, 1.165) is 0 Å². The minimum absolute atomic E-state index is 0.149. The lowest BCUT2D eigenvalue weighted by Gasteiger charge is -2.22. The molecule has 1 heterocycles. The number of anilines is 2. The summed E-state index contributed by atoms with van der Waals surface area (Å²) in [4.78, 5) is 5.16. The molecule has 0 amide bonds. The van der Waals surface area contributed by atoms with E-state index in [1.807, 2.05) is 0 Å². The summed E-state index contributed by atoms with van der Waals surface area (Å²) in [5.41, 5.74) is 5.90. The van der Waals surface area contributed by atoms with Gasteiger partial charge in [0.25, 0.3) is 6.43 Å². The molecule has 0 spiro atoms. The van der Waals surface area contributed by atoms with E-state index in [-0.39, 0.29) is 13.2 Å². The first-order valence-electron chi connectivity index (χ1n) is 4.49. The van der Waals surface area contributed by atoms with Crippen molar-refractivity contribution in [1.29, 1.82) is 0 Å². The van der Waals surface area contributed by atoms with E-state index in [4.69, 9.17) is 10.8 Å². The summed E-state index contributed by atoms with van der Waals surface area (Å²) in [5.74, 6) is 0.333. The van der Waals surface area contributed by atoms with Gasteiger partial charge in [0.1, 0.15) is 5.82 Å². The number of aliphatic hydroxyl groups is 1. The molecule has 0 radical (unpaired) electrons. The second-order valence-electron chi connectivity index (χ2n) is 3.00. The van der Waals surface area contributed by atoms with E-state index in [0.29, 0.717) is 11.5 Å². The summed E-state index contributed by atoms with van der Waals surface area (Å²) in [6, 6.07) is 3.13. The molecule has 0 unspecified atom stereocenters. The van der Waals surface area contributed by atoms with Crippen LogP contribution in [0.2, 0.25) is 0 Å². The van der Waals surface area contributed by atoms with Gasteiger partial charge in [0, 0.05) is 6.54 Å². The number of aliphatic hydroxyl groups excluding tert-OH is 1. The van der Waals surface area contributed by atoms with Crippen molar-refractivity contribution in [2.24, 2.45) is 0 Å². The fourth-order valence-electron chi connectivity index (χ4n) is 1.20. The SMILES string of the molecule is Nc1ccc(N(CCO)CC(F)F)cn1. The third kappa shape index (κ3) is 3.67. The van der Waals surface area contributed by atoms with Crippen LogP contribution in [0.25, 0.3) is 0 Å². The van der Waals surface area contributed by atoms with Gasteiger partial charge in [-0.25, -0.2) is 13.8 Å². The van der Waals surface area contributed by atoms with Gasteiger partial charge in [0.2, 0.25) is 0 Å². The Morgan fingerprint density at radius 1 is 1.47 bits per heavy atom. The number of nitrogens with two attached hydrogens (primary N) is 1. The third-order valence-electron chi connectivity index (χ3n) is 1.86. The molecule has 1 aromatic rings. The molecular weight excluding hydrogens is 204 g/mol. The number of rotatable bonds is 5. The van der Waals surface area contributed by atoms with Crippen LogP contribution in [0.1, 0.15) is 0 Å². The van der Waals surface area contributed by atoms with Gasteiger partial charge in [-0.05, 0) is 12.1 Å². The molecule has 0 saturated heterocycles. The van der Waals surface area contributed by atoms with Crippen LogP contribution in [0.15, 0.2) is 18.3 Å². The number of pyridine rings is 1. The van der Waals surface area contributed by atoms with Crippen LogP contribution in [0.3, 0.4) is 0 Å². The van der Waals surface area contributed by atoms with Gasteiger partial charge in [-0.3, -0.25) is 0 Å². The maximum absolute atomic E-state index is 12.2. The Hall–Kier alpha value is -1.43. The molecule has 0 atom stereocenters. The standard InChI is InChI=1S/C9H13F2N3O/c10-8(11)6-14(3-4-15)7-1-2-9(12)13-5-7/h1-2,5,8,15H,3-4,6H2,(H2,12,13). The van der Waals surface area contributed by atoms with Crippen LogP contribution < -0.4 is 10.6 Å². The maximum Gasteiger partial charge on any atom is 0.255 e. The first kappa shape index (κ1) is 11.6. The van der Waals surface area contributed by atoms with E-state index in [2.05, 4.69) is 4.98 Å². The predicted octanol–water partition coefficient (Wildman–Crippen LogP) is 0.728. The van der Waals surface area contributed by atoms with E-state index in [1.54, 1.807) is 6.07 Å². The molecule has 4 nitrogen and oxygen atoms in total. The molecule has 0 aliphatic rings. The number of nitrogens with zero attached hydrogens (tertiary/aromatic N) is 2. The fourth-order valence-corrected chi connectivity index (χ4v) is 1.20. The molecule has 0 aromatic carbocycles. The van der Waals surface area contributed by atoms with Crippen LogP contribution in [0.4, 0.5) is 20.3 Å². The summed E-state index contributed by atoms with van der Waals surface area (Å²) in [6.45, 7) is -0.459. The fraction of sp³-hybridized carbons (Fsp3) is 0.444. The molecule has 0 aliphatic heterocycles. The summed E-state index contributed by atoms with van der Waals surface area (Å²) in [5, 5.41) is 8.73. The predicted molar refractivity (Wildman–Crippen MR) is 54.0 cm³/mol. The van der Waals surface area contributed by atoms with Crippen molar-refractivity contribution in [1.82, 2.24) is 4.98 Å². The summed E-state index contributed by atoms with van der Waals surface area (Å²) in [6.07, 6.45) is -1.04. The van der Waals surface area contributed by atoms with Crippen LogP contribution in [-0.2, 0) is 0 Å². The van der Waals surface area contributed by atoms with Gasteiger partial charge < -0.3 is 15.7 Å². The molecule has 0 saturated carbocycles. The minimum atomic E-state index is -2.45. The van der Waals surface area contributed by atoms with Gasteiger partial charge in [0.15, 0.2) is 0 Å². The molecule has 6 heteroatoms. The number of halogens is 2. The molecule has 0 aliphatic carbocycles. The Kier molecular flexibility index (Phi) is 4.23. The highest BCUT2D eigenvalue weighted by molar-refractivity contribution is 5.47. The maximum atomic E-state index is 12.2. The van der Waals surface area contributed by atoms with Crippen LogP contribution >= 0.6 is 0 Å². The zero-order valence-electron chi connectivity index (χ0n) is 8.11. The monoisotopic (exact) mass is 217 g/mol. The van der Waals surface area contributed by atoms with Crippen LogP contribution in [0.5, 0.6) is 0 Å². The first-order chi connectivity index (χ1) is 7.13. The van der Waals surface area contributed by atoms with Gasteiger partial charge in [-0.15, -0.1) is 0 Å². The van der Waals surface area contributed by atoms with Gasteiger partial charge >= 0.3 is 0 Å². The Morgan fingerprint density at radius 3 is 2.67 bits per heavy atom. The number of hydrogen-bond donors (Lipinski definition) is 2. The lowest BCUT2D eigenvalue weighted by molar-refractivity contribution is 0.153. The van der Waals surface area contributed by atoms with Gasteiger partial charge in [-0.2, -0.15) is 0 Å². The number of aromatic nitrogens is 1. The molecule has 15 heavy (non-hydrogen) atoms. The van der Waals surface area contributed by atoms with Crippen molar-refractivity contribution in [2.45, 2.75) is 6.43 Å². The van der Waals surface area contributed by atoms with Crippen molar-refractivity contribution >= 4 is 11.5 Å². The number of hydrogen-bond acceptors (Lipinski definition) is 4. The van der Waals surface area contributed by atoms with Crippen molar-refractivity contribution in [3.05, 3.63) is 18.3 Å². The zero-order valence-corrected chi connectivity index (χ0v) is 8.11. The first-order valence-corrected chi connectivity index (χ1v) is 4.49. The molecule has 84 valence electrons. The average Bonchev–Trinajstić information content (AvgIpc) is 2.17. The van der Waals surface area contributed by atoms with Crippen molar-refractivity contribution < 1.29 is 13.9 Å². The molecule has 0 bridgehead atoms. The van der Waals surface area contributed by atoms with Crippen molar-refractivity contribution in [2.75, 3.05) is 30.3 Å². The van der Waals surface area contributed by atoms with Crippen LogP contribution in [0, 0.1) is 0 Å². The second-order valence-corrected chi connectivity index (χ2v) is 3.00. The van der Waals surface area contributed by atoms with Gasteiger partial charge in [0.05, 0.1) is 25.0 Å². The number of alkyl halides is 2. The zero-order chi connectivity index (χ0) is 11.3. The third-order valence-corrected chi connectivity index (χ3v) is 1.86. The highest BCUT2D eigenvalue weighted by Crippen LogP contribution is 2.14.